The highest BCUT2D eigenvalue weighted by molar-refractivity contribution is 5.95. The van der Waals surface area contributed by atoms with Crippen LogP contribution in [0, 0.1) is 13.8 Å². The Hall–Kier alpha value is -2.54. The summed E-state index contributed by atoms with van der Waals surface area (Å²) in [5.74, 6) is 1.71. The molecule has 1 aliphatic heterocycles. The van der Waals surface area contributed by atoms with E-state index in [2.05, 4.69) is 37.4 Å². The summed E-state index contributed by atoms with van der Waals surface area (Å²) in [6.45, 7) is 8.15. The van der Waals surface area contributed by atoms with Crippen molar-refractivity contribution in [2.75, 3.05) is 29.9 Å². The largest absolute Gasteiger partial charge is 0.353 e. The summed E-state index contributed by atoms with van der Waals surface area (Å²) in [5.41, 5.74) is 2.60. The molecule has 3 heterocycles. The van der Waals surface area contributed by atoms with E-state index in [1.165, 1.54) is 0 Å². The van der Waals surface area contributed by atoms with Crippen molar-refractivity contribution in [3.8, 4) is 0 Å². The normalized spacial score (nSPS) is 17.2. The lowest BCUT2D eigenvalue weighted by Crippen LogP contribution is -2.56. The molecule has 0 radical (unpaired) electrons. The molecule has 1 amide bonds. The third-order valence-corrected chi connectivity index (χ3v) is 4.36. The van der Waals surface area contributed by atoms with Gasteiger partial charge in [-0.2, -0.15) is 0 Å². The molecule has 2 N–H and O–H groups in total. The highest BCUT2D eigenvalue weighted by atomic mass is 16.2. The Kier molecular flexibility index (Phi) is 5.78. The van der Waals surface area contributed by atoms with E-state index in [9.17, 15) is 4.79 Å². The van der Waals surface area contributed by atoms with E-state index in [1.54, 1.807) is 6.20 Å². The number of nitrogens with zero attached hydrogens (tertiary/aromatic N) is 4. The van der Waals surface area contributed by atoms with Crippen LogP contribution in [0.5, 0.6) is 0 Å². The summed E-state index contributed by atoms with van der Waals surface area (Å²) < 4.78 is 0. The molecule has 0 saturated carbocycles. The standard InChI is InChI=1S/C19H26N6O/c1-4-5-17-22-14(3)10-18(24-17)25-9-8-20-16(12-25)19(26)23-15-7-6-13(2)21-11-15/h6-7,10-11,16,20H,4-5,8-9,12H2,1-3H3,(H,23,26)/t16-/m0/s1. The van der Waals surface area contributed by atoms with Crippen LogP contribution >= 0.6 is 0 Å². The van der Waals surface area contributed by atoms with Crippen molar-refractivity contribution in [3.63, 3.8) is 0 Å². The third kappa shape index (κ3) is 4.54. The Bertz CT molecular complexity index is 761. The number of hydrogen-bond acceptors (Lipinski definition) is 6. The first-order valence-corrected chi connectivity index (χ1v) is 9.11. The minimum atomic E-state index is -0.296. The predicted molar refractivity (Wildman–Crippen MR) is 102 cm³/mol. The second kappa shape index (κ2) is 8.23. The first-order valence-electron chi connectivity index (χ1n) is 9.11. The van der Waals surface area contributed by atoms with Crippen LogP contribution in [-0.4, -0.2) is 46.5 Å². The molecule has 2 aromatic rings. The second-order valence-corrected chi connectivity index (χ2v) is 6.66. The maximum atomic E-state index is 12.6. The first-order chi connectivity index (χ1) is 12.5. The van der Waals surface area contributed by atoms with Gasteiger partial charge in [-0.3, -0.25) is 9.78 Å². The summed E-state index contributed by atoms with van der Waals surface area (Å²) in [6, 6.07) is 5.44. The molecule has 7 nitrogen and oxygen atoms in total. The maximum absolute atomic E-state index is 12.6. The van der Waals surface area contributed by atoms with Gasteiger partial charge in [-0.05, 0) is 32.4 Å². The number of carbonyl (C=O) groups is 1. The topological polar surface area (TPSA) is 83.0 Å². The van der Waals surface area contributed by atoms with Crippen LogP contribution in [0.1, 0.15) is 30.6 Å². The molecule has 1 atom stereocenters. The predicted octanol–water partition coefficient (Wildman–Crippen LogP) is 1.86. The van der Waals surface area contributed by atoms with Crippen LogP contribution in [0.15, 0.2) is 24.4 Å². The molecule has 138 valence electrons. The van der Waals surface area contributed by atoms with Crippen molar-refractivity contribution in [1.29, 1.82) is 0 Å². The molecule has 7 heteroatoms. The minimum Gasteiger partial charge on any atom is -0.353 e. The monoisotopic (exact) mass is 354 g/mol. The number of amides is 1. The van der Waals surface area contributed by atoms with Crippen molar-refractivity contribution in [3.05, 3.63) is 41.6 Å². The van der Waals surface area contributed by atoms with Gasteiger partial charge >= 0.3 is 0 Å². The molecule has 3 rings (SSSR count). The lowest BCUT2D eigenvalue weighted by Gasteiger charge is -2.34. The zero-order valence-corrected chi connectivity index (χ0v) is 15.6. The number of pyridine rings is 1. The Balaban J connectivity index is 1.68. The highest BCUT2D eigenvalue weighted by Gasteiger charge is 2.26. The summed E-state index contributed by atoms with van der Waals surface area (Å²) in [5, 5.41) is 6.22. The van der Waals surface area contributed by atoms with Gasteiger partial charge in [0.25, 0.3) is 0 Å². The van der Waals surface area contributed by atoms with Gasteiger partial charge in [0.15, 0.2) is 0 Å². The fraction of sp³-hybridized carbons (Fsp3) is 0.474. The van der Waals surface area contributed by atoms with E-state index in [0.29, 0.717) is 12.2 Å². The molecule has 0 aliphatic carbocycles. The van der Waals surface area contributed by atoms with E-state index in [-0.39, 0.29) is 11.9 Å². The number of piperazine rings is 1. The van der Waals surface area contributed by atoms with Crippen molar-refractivity contribution < 1.29 is 4.79 Å². The van der Waals surface area contributed by atoms with Gasteiger partial charge in [0.05, 0.1) is 11.9 Å². The van der Waals surface area contributed by atoms with Gasteiger partial charge in [-0.15, -0.1) is 0 Å². The average Bonchev–Trinajstić information content (AvgIpc) is 2.63. The van der Waals surface area contributed by atoms with Crippen molar-refractivity contribution in [1.82, 2.24) is 20.3 Å². The van der Waals surface area contributed by atoms with Crippen LogP contribution < -0.4 is 15.5 Å². The van der Waals surface area contributed by atoms with Crippen LogP contribution in [0.4, 0.5) is 11.5 Å². The molecule has 1 saturated heterocycles. The minimum absolute atomic E-state index is 0.0556. The lowest BCUT2D eigenvalue weighted by molar-refractivity contribution is -0.118. The molecule has 0 spiro atoms. The fourth-order valence-electron chi connectivity index (χ4n) is 3.01. The summed E-state index contributed by atoms with van der Waals surface area (Å²) in [6.07, 6.45) is 3.56. The first kappa shape index (κ1) is 18.3. The summed E-state index contributed by atoms with van der Waals surface area (Å²) in [4.78, 5) is 28.1. The molecule has 0 bridgehead atoms. The molecule has 26 heavy (non-hydrogen) atoms. The zero-order valence-electron chi connectivity index (χ0n) is 15.6. The number of hydrogen-bond donors (Lipinski definition) is 2. The van der Waals surface area contributed by atoms with Gasteiger partial charge in [0.2, 0.25) is 5.91 Å². The fourth-order valence-corrected chi connectivity index (χ4v) is 3.01. The third-order valence-electron chi connectivity index (χ3n) is 4.36. The van der Waals surface area contributed by atoms with E-state index in [0.717, 1.165) is 49.0 Å². The number of rotatable bonds is 5. The molecular formula is C19H26N6O. The van der Waals surface area contributed by atoms with Crippen LogP contribution in [0.25, 0.3) is 0 Å². The highest BCUT2D eigenvalue weighted by Crippen LogP contribution is 2.16. The Morgan fingerprint density at radius 2 is 2.15 bits per heavy atom. The number of aryl methyl sites for hydroxylation is 3. The average molecular weight is 354 g/mol. The number of carbonyl (C=O) groups excluding carboxylic acids is 1. The number of nitrogens with one attached hydrogen (secondary N) is 2. The molecule has 2 aromatic heterocycles. The van der Waals surface area contributed by atoms with Gasteiger partial charge in [0, 0.05) is 43.5 Å². The van der Waals surface area contributed by atoms with E-state index in [1.807, 2.05) is 32.0 Å². The number of anilines is 2. The van der Waals surface area contributed by atoms with Crippen LogP contribution in [0.3, 0.4) is 0 Å². The molecule has 1 fully saturated rings. The molecule has 0 unspecified atom stereocenters. The van der Waals surface area contributed by atoms with Crippen molar-refractivity contribution in [2.45, 2.75) is 39.7 Å². The Labute approximate surface area is 154 Å². The van der Waals surface area contributed by atoms with Gasteiger partial charge < -0.3 is 15.5 Å². The van der Waals surface area contributed by atoms with E-state index in [4.69, 9.17) is 0 Å². The molecular weight excluding hydrogens is 328 g/mol. The Morgan fingerprint density at radius 3 is 2.88 bits per heavy atom. The molecule has 1 aliphatic rings. The van der Waals surface area contributed by atoms with E-state index >= 15 is 0 Å². The zero-order chi connectivity index (χ0) is 18.5. The van der Waals surface area contributed by atoms with E-state index < -0.39 is 0 Å². The van der Waals surface area contributed by atoms with Gasteiger partial charge in [-0.1, -0.05) is 6.92 Å². The quantitative estimate of drug-likeness (QED) is 0.853. The van der Waals surface area contributed by atoms with Crippen molar-refractivity contribution >= 4 is 17.4 Å². The SMILES string of the molecule is CCCc1nc(C)cc(N2CCN[C@H](C(=O)Nc3ccc(C)nc3)C2)n1. The van der Waals surface area contributed by atoms with Gasteiger partial charge in [-0.25, -0.2) is 9.97 Å². The van der Waals surface area contributed by atoms with Crippen LogP contribution in [0.2, 0.25) is 0 Å². The van der Waals surface area contributed by atoms with Gasteiger partial charge in [0.1, 0.15) is 17.7 Å². The summed E-state index contributed by atoms with van der Waals surface area (Å²) in [7, 11) is 0. The molecule has 0 aromatic carbocycles. The smallest absolute Gasteiger partial charge is 0.243 e. The Morgan fingerprint density at radius 1 is 1.31 bits per heavy atom. The summed E-state index contributed by atoms with van der Waals surface area (Å²) >= 11 is 0. The lowest BCUT2D eigenvalue weighted by atomic mass is 10.2. The number of aromatic nitrogens is 3. The maximum Gasteiger partial charge on any atom is 0.243 e. The second-order valence-electron chi connectivity index (χ2n) is 6.66. The van der Waals surface area contributed by atoms with Crippen LogP contribution in [-0.2, 0) is 11.2 Å². The van der Waals surface area contributed by atoms with Crippen molar-refractivity contribution in [2.24, 2.45) is 0 Å².